The van der Waals surface area contributed by atoms with Crippen LogP contribution in [0.2, 0.25) is 0 Å². The maximum atomic E-state index is 12.8. The largest absolute Gasteiger partial charge is 0.337 e. The van der Waals surface area contributed by atoms with E-state index in [1.165, 1.54) is 0 Å². The lowest BCUT2D eigenvalue weighted by Crippen LogP contribution is -2.43. The van der Waals surface area contributed by atoms with Crippen molar-refractivity contribution in [3.05, 3.63) is 47.9 Å². The molecule has 0 radical (unpaired) electrons. The SMILES string of the molecule is Cc1c(C(=O)N2CCC(N)CC2)nnn1-c1cccc2cccnc12.Cl.Cl. The molecule has 1 fully saturated rings. The van der Waals surface area contributed by atoms with Gasteiger partial charge in [0.15, 0.2) is 5.69 Å². The lowest BCUT2D eigenvalue weighted by atomic mass is 10.1. The predicted molar refractivity (Wildman–Crippen MR) is 109 cm³/mol. The van der Waals surface area contributed by atoms with Crippen LogP contribution in [0.4, 0.5) is 0 Å². The number of para-hydroxylation sites is 1. The van der Waals surface area contributed by atoms with Gasteiger partial charge in [-0.15, -0.1) is 29.9 Å². The Balaban J connectivity index is 0.00000131. The lowest BCUT2D eigenvalue weighted by Gasteiger charge is -2.29. The molecule has 27 heavy (non-hydrogen) atoms. The first-order valence-electron chi connectivity index (χ1n) is 8.46. The van der Waals surface area contributed by atoms with Crippen molar-refractivity contribution in [2.45, 2.75) is 25.8 Å². The molecule has 4 rings (SSSR count). The quantitative estimate of drug-likeness (QED) is 0.703. The summed E-state index contributed by atoms with van der Waals surface area (Å²) < 4.78 is 1.69. The molecule has 1 amide bonds. The maximum Gasteiger partial charge on any atom is 0.276 e. The number of nitrogens with two attached hydrogens (primary N) is 1. The van der Waals surface area contributed by atoms with E-state index < -0.39 is 0 Å². The summed E-state index contributed by atoms with van der Waals surface area (Å²) in [6.07, 6.45) is 3.40. The van der Waals surface area contributed by atoms with E-state index in [0.29, 0.717) is 18.8 Å². The number of amides is 1. The van der Waals surface area contributed by atoms with Gasteiger partial charge in [-0.05, 0) is 31.9 Å². The third-order valence-electron chi connectivity index (χ3n) is 4.76. The van der Waals surface area contributed by atoms with Crippen LogP contribution in [0.1, 0.15) is 29.0 Å². The van der Waals surface area contributed by atoms with Crippen LogP contribution >= 0.6 is 24.8 Å². The number of hydrogen-bond donors (Lipinski definition) is 1. The van der Waals surface area contributed by atoms with Crippen LogP contribution in [0.15, 0.2) is 36.5 Å². The van der Waals surface area contributed by atoms with Gasteiger partial charge in [-0.1, -0.05) is 23.4 Å². The molecule has 1 aromatic carbocycles. The van der Waals surface area contributed by atoms with Gasteiger partial charge >= 0.3 is 0 Å². The van der Waals surface area contributed by atoms with Crippen LogP contribution in [-0.2, 0) is 0 Å². The van der Waals surface area contributed by atoms with Gasteiger partial charge in [0.1, 0.15) is 0 Å². The third kappa shape index (κ3) is 3.90. The zero-order chi connectivity index (χ0) is 17.4. The number of fused-ring (bicyclic) bond motifs is 1. The molecule has 0 atom stereocenters. The average molecular weight is 409 g/mol. The summed E-state index contributed by atoms with van der Waals surface area (Å²) in [5.74, 6) is -0.0798. The molecule has 1 aliphatic heterocycles. The number of carbonyl (C=O) groups excluding carboxylic acids is 1. The Morgan fingerprint density at radius 2 is 1.85 bits per heavy atom. The summed E-state index contributed by atoms with van der Waals surface area (Å²) in [5, 5.41) is 9.40. The standard InChI is InChI=1S/C18H20N6O.2ClH/c1-12-16(18(25)23-10-7-14(19)8-11-23)21-22-24(12)15-6-2-4-13-5-3-9-20-17(13)15;;/h2-6,9,14H,7-8,10-11,19H2,1H3;2*1H. The van der Waals surface area contributed by atoms with Crippen LogP contribution in [0.3, 0.4) is 0 Å². The van der Waals surface area contributed by atoms with Gasteiger partial charge in [0.05, 0.1) is 16.9 Å². The Hall–Kier alpha value is -2.22. The molecule has 3 heterocycles. The van der Waals surface area contributed by atoms with E-state index in [2.05, 4.69) is 15.3 Å². The van der Waals surface area contributed by atoms with E-state index in [-0.39, 0.29) is 36.8 Å². The molecule has 0 bridgehead atoms. The van der Waals surface area contributed by atoms with E-state index in [1.54, 1.807) is 10.9 Å². The molecule has 2 aromatic heterocycles. The lowest BCUT2D eigenvalue weighted by molar-refractivity contribution is 0.0708. The van der Waals surface area contributed by atoms with E-state index in [4.69, 9.17) is 5.73 Å². The Morgan fingerprint density at radius 1 is 1.15 bits per heavy atom. The first kappa shape index (κ1) is 21.1. The van der Waals surface area contributed by atoms with E-state index in [0.717, 1.165) is 35.1 Å². The molecule has 7 nitrogen and oxygen atoms in total. The number of aromatic nitrogens is 4. The Morgan fingerprint density at radius 3 is 2.59 bits per heavy atom. The Labute approximate surface area is 169 Å². The van der Waals surface area contributed by atoms with Crippen LogP contribution in [-0.4, -0.2) is 49.9 Å². The van der Waals surface area contributed by atoms with Crippen molar-refractivity contribution in [2.75, 3.05) is 13.1 Å². The zero-order valence-corrected chi connectivity index (χ0v) is 16.5. The first-order chi connectivity index (χ1) is 12.1. The summed E-state index contributed by atoms with van der Waals surface area (Å²) in [6, 6.07) is 9.97. The molecule has 3 aromatic rings. The second-order valence-electron chi connectivity index (χ2n) is 6.42. The average Bonchev–Trinajstić information content (AvgIpc) is 3.02. The van der Waals surface area contributed by atoms with Crippen molar-refractivity contribution in [2.24, 2.45) is 5.73 Å². The second-order valence-corrected chi connectivity index (χ2v) is 6.42. The summed E-state index contributed by atoms with van der Waals surface area (Å²) in [4.78, 5) is 19.1. The van der Waals surface area contributed by atoms with Crippen molar-refractivity contribution in [1.82, 2.24) is 24.9 Å². The van der Waals surface area contributed by atoms with Gasteiger partial charge in [0.25, 0.3) is 5.91 Å². The molecule has 144 valence electrons. The monoisotopic (exact) mass is 408 g/mol. The number of piperidine rings is 1. The van der Waals surface area contributed by atoms with Gasteiger partial charge in [0, 0.05) is 30.7 Å². The number of rotatable bonds is 2. The zero-order valence-electron chi connectivity index (χ0n) is 14.9. The molecule has 1 saturated heterocycles. The normalized spacial score (nSPS) is 14.5. The number of hydrogen-bond acceptors (Lipinski definition) is 5. The van der Waals surface area contributed by atoms with E-state index >= 15 is 0 Å². The molecule has 0 aliphatic carbocycles. The fourth-order valence-electron chi connectivity index (χ4n) is 3.27. The summed E-state index contributed by atoms with van der Waals surface area (Å²) in [7, 11) is 0. The molecule has 2 N–H and O–H groups in total. The van der Waals surface area contributed by atoms with Crippen LogP contribution in [0, 0.1) is 6.92 Å². The van der Waals surface area contributed by atoms with Crippen molar-refractivity contribution >= 4 is 41.6 Å². The predicted octanol–water partition coefficient (Wildman–Crippen LogP) is 2.53. The highest BCUT2D eigenvalue weighted by molar-refractivity contribution is 5.94. The molecule has 0 saturated carbocycles. The fraction of sp³-hybridized carbons (Fsp3) is 0.333. The van der Waals surface area contributed by atoms with Crippen molar-refractivity contribution in [1.29, 1.82) is 0 Å². The molecule has 0 unspecified atom stereocenters. The van der Waals surface area contributed by atoms with Crippen molar-refractivity contribution < 1.29 is 4.79 Å². The highest BCUT2D eigenvalue weighted by Gasteiger charge is 2.26. The number of carbonyl (C=O) groups is 1. The van der Waals surface area contributed by atoms with Gasteiger partial charge < -0.3 is 10.6 Å². The van der Waals surface area contributed by atoms with Gasteiger partial charge in [0.2, 0.25) is 0 Å². The summed E-state index contributed by atoms with van der Waals surface area (Å²) >= 11 is 0. The fourth-order valence-corrected chi connectivity index (χ4v) is 3.27. The van der Waals surface area contributed by atoms with Gasteiger partial charge in [-0.3, -0.25) is 9.78 Å². The third-order valence-corrected chi connectivity index (χ3v) is 4.76. The summed E-state index contributed by atoms with van der Waals surface area (Å²) in [5.41, 5.74) is 8.69. The van der Waals surface area contributed by atoms with Crippen LogP contribution in [0.25, 0.3) is 16.6 Å². The van der Waals surface area contributed by atoms with E-state index in [1.807, 2.05) is 42.2 Å². The molecular weight excluding hydrogens is 387 g/mol. The highest BCUT2D eigenvalue weighted by Crippen LogP contribution is 2.22. The molecule has 1 aliphatic rings. The highest BCUT2D eigenvalue weighted by atomic mass is 35.5. The van der Waals surface area contributed by atoms with E-state index in [9.17, 15) is 4.79 Å². The van der Waals surface area contributed by atoms with Gasteiger partial charge in [-0.2, -0.15) is 0 Å². The number of nitrogens with zero attached hydrogens (tertiary/aromatic N) is 5. The maximum absolute atomic E-state index is 12.8. The Kier molecular flexibility index (Phi) is 6.75. The minimum atomic E-state index is -0.0798. The van der Waals surface area contributed by atoms with Crippen LogP contribution < -0.4 is 5.73 Å². The minimum absolute atomic E-state index is 0. The smallest absolute Gasteiger partial charge is 0.276 e. The number of likely N-dealkylation sites (tertiary alicyclic amines) is 1. The van der Waals surface area contributed by atoms with Crippen LogP contribution in [0.5, 0.6) is 0 Å². The molecule has 0 spiro atoms. The Bertz CT molecular complexity index is 931. The van der Waals surface area contributed by atoms with Gasteiger partial charge in [-0.25, -0.2) is 4.68 Å². The van der Waals surface area contributed by atoms with Crippen molar-refractivity contribution in [3.8, 4) is 5.69 Å². The second kappa shape index (κ2) is 8.65. The number of halogens is 2. The number of benzene rings is 1. The van der Waals surface area contributed by atoms with Crippen molar-refractivity contribution in [3.63, 3.8) is 0 Å². The number of pyridine rings is 1. The summed E-state index contributed by atoms with van der Waals surface area (Å²) in [6.45, 7) is 3.20. The first-order valence-corrected chi connectivity index (χ1v) is 8.46. The minimum Gasteiger partial charge on any atom is -0.337 e. The molecule has 9 heteroatoms. The molecular formula is C18H22Cl2N6O. The topological polar surface area (TPSA) is 89.9 Å².